The molecular weight excluding hydrogens is 318 g/mol. The number of hydrogen-bond donors (Lipinski definition) is 3. The molecule has 0 aliphatic carbocycles. The van der Waals surface area contributed by atoms with Crippen molar-refractivity contribution in [2.75, 3.05) is 44.7 Å². The second kappa shape index (κ2) is 7.51. The molecule has 134 valence electrons. The first-order chi connectivity index (χ1) is 12.3. The van der Waals surface area contributed by atoms with Crippen LogP contribution < -0.4 is 10.6 Å². The van der Waals surface area contributed by atoms with Crippen LogP contribution in [0.15, 0.2) is 18.2 Å². The molecule has 1 atom stereocenters. The standard InChI is InChI=1S/C18H25N5O2/c24-18(15-2-1-6-19-15)20-13-3-4-14-16(12-13)22-17(21-14)5-7-23-8-10-25-11-9-23/h3-4,12,15,19H,1-2,5-11H2,(H,20,24)(H,21,22). The maximum Gasteiger partial charge on any atom is 0.241 e. The Hall–Kier alpha value is -1.96. The van der Waals surface area contributed by atoms with E-state index in [1.54, 1.807) is 0 Å². The number of carbonyl (C=O) groups excluding carboxylic acids is 1. The summed E-state index contributed by atoms with van der Waals surface area (Å²) >= 11 is 0. The number of aromatic amines is 1. The number of carbonyl (C=O) groups is 1. The Morgan fingerprint density at radius 2 is 2.24 bits per heavy atom. The van der Waals surface area contributed by atoms with E-state index in [0.29, 0.717) is 0 Å². The van der Waals surface area contributed by atoms with Crippen LogP contribution in [0.25, 0.3) is 11.0 Å². The number of benzene rings is 1. The number of rotatable bonds is 5. The molecule has 4 rings (SSSR count). The monoisotopic (exact) mass is 343 g/mol. The average Bonchev–Trinajstić information content (AvgIpc) is 3.30. The van der Waals surface area contributed by atoms with Gasteiger partial charge in [0.15, 0.2) is 0 Å². The zero-order valence-corrected chi connectivity index (χ0v) is 14.4. The molecule has 1 unspecified atom stereocenters. The van der Waals surface area contributed by atoms with Crippen LogP contribution in [-0.2, 0) is 16.0 Å². The summed E-state index contributed by atoms with van der Waals surface area (Å²) in [5.41, 5.74) is 2.72. The van der Waals surface area contributed by atoms with Gasteiger partial charge in [-0.3, -0.25) is 9.69 Å². The fraction of sp³-hybridized carbons (Fsp3) is 0.556. The first-order valence-electron chi connectivity index (χ1n) is 9.11. The van der Waals surface area contributed by atoms with Gasteiger partial charge in [0, 0.05) is 31.7 Å². The van der Waals surface area contributed by atoms with E-state index in [0.717, 1.165) is 81.2 Å². The van der Waals surface area contributed by atoms with Gasteiger partial charge in [-0.25, -0.2) is 4.98 Å². The lowest BCUT2D eigenvalue weighted by Gasteiger charge is -2.25. The van der Waals surface area contributed by atoms with Crippen molar-refractivity contribution in [3.05, 3.63) is 24.0 Å². The molecule has 0 spiro atoms. The number of anilines is 1. The average molecular weight is 343 g/mol. The molecule has 0 bridgehead atoms. The van der Waals surface area contributed by atoms with Gasteiger partial charge in [-0.15, -0.1) is 0 Å². The first-order valence-corrected chi connectivity index (χ1v) is 9.11. The fourth-order valence-electron chi connectivity index (χ4n) is 3.49. The van der Waals surface area contributed by atoms with Gasteiger partial charge in [0.1, 0.15) is 5.82 Å². The molecule has 3 N–H and O–H groups in total. The summed E-state index contributed by atoms with van der Waals surface area (Å²) in [6, 6.07) is 5.78. The van der Waals surface area contributed by atoms with Crippen LogP contribution in [-0.4, -0.2) is 66.2 Å². The number of ether oxygens (including phenoxy) is 1. The van der Waals surface area contributed by atoms with Crippen LogP contribution >= 0.6 is 0 Å². The van der Waals surface area contributed by atoms with Gasteiger partial charge in [0.05, 0.1) is 30.3 Å². The Labute approximate surface area is 147 Å². The van der Waals surface area contributed by atoms with E-state index in [1.165, 1.54) is 0 Å². The van der Waals surface area contributed by atoms with E-state index in [1.807, 2.05) is 18.2 Å². The molecule has 2 aliphatic rings. The summed E-state index contributed by atoms with van der Waals surface area (Å²) in [7, 11) is 0. The summed E-state index contributed by atoms with van der Waals surface area (Å²) in [6.45, 7) is 5.53. The minimum atomic E-state index is -0.0680. The third-order valence-corrected chi connectivity index (χ3v) is 4.94. The SMILES string of the molecule is O=C(Nc1ccc2nc(CCN3CCOCC3)[nH]c2c1)C1CCCN1. The lowest BCUT2D eigenvalue weighted by molar-refractivity contribution is -0.117. The first kappa shape index (κ1) is 16.5. The molecule has 7 heteroatoms. The van der Waals surface area contributed by atoms with Crippen LogP contribution in [0.4, 0.5) is 5.69 Å². The summed E-state index contributed by atoms with van der Waals surface area (Å²) in [5, 5.41) is 6.22. The highest BCUT2D eigenvalue weighted by Crippen LogP contribution is 2.18. The van der Waals surface area contributed by atoms with Crippen LogP contribution in [0.3, 0.4) is 0 Å². The van der Waals surface area contributed by atoms with Gasteiger partial charge < -0.3 is 20.4 Å². The summed E-state index contributed by atoms with van der Waals surface area (Å²) in [5.74, 6) is 1.03. The van der Waals surface area contributed by atoms with Gasteiger partial charge in [0.25, 0.3) is 0 Å². The zero-order valence-electron chi connectivity index (χ0n) is 14.4. The highest BCUT2D eigenvalue weighted by atomic mass is 16.5. The van der Waals surface area contributed by atoms with E-state index < -0.39 is 0 Å². The molecule has 0 radical (unpaired) electrons. The minimum absolute atomic E-state index is 0.0453. The molecule has 3 heterocycles. The summed E-state index contributed by atoms with van der Waals surface area (Å²) in [6.07, 6.45) is 2.86. The number of amides is 1. The zero-order chi connectivity index (χ0) is 17.1. The molecule has 1 amide bonds. The van der Waals surface area contributed by atoms with Gasteiger partial charge in [-0.05, 0) is 37.6 Å². The van der Waals surface area contributed by atoms with Crippen LogP contribution in [0.5, 0.6) is 0 Å². The largest absolute Gasteiger partial charge is 0.379 e. The third kappa shape index (κ3) is 4.00. The second-order valence-electron chi connectivity index (χ2n) is 6.76. The topological polar surface area (TPSA) is 82.3 Å². The van der Waals surface area contributed by atoms with Crippen molar-refractivity contribution in [2.45, 2.75) is 25.3 Å². The number of nitrogens with zero attached hydrogens (tertiary/aromatic N) is 2. The maximum absolute atomic E-state index is 12.2. The molecular formula is C18H25N5O2. The number of morpholine rings is 1. The van der Waals surface area contributed by atoms with Crippen molar-refractivity contribution >= 4 is 22.6 Å². The van der Waals surface area contributed by atoms with E-state index in [2.05, 4.69) is 25.5 Å². The quantitative estimate of drug-likeness (QED) is 0.758. The van der Waals surface area contributed by atoms with Gasteiger partial charge in [0.2, 0.25) is 5.91 Å². The number of nitrogens with one attached hydrogen (secondary N) is 3. The van der Waals surface area contributed by atoms with E-state index in [-0.39, 0.29) is 11.9 Å². The van der Waals surface area contributed by atoms with Crippen molar-refractivity contribution < 1.29 is 9.53 Å². The Bertz CT molecular complexity index is 732. The number of fused-ring (bicyclic) bond motifs is 1. The summed E-state index contributed by atoms with van der Waals surface area (Å²) < 4.78 is 5.38. The van der Waals surface area contributed by atoms with Crippen molar-refractivity contribution in [3.63, 3.8) is 0 Å². The molecule has 7 nitrogen and oxygen atoms in total. The van der Waals surface area contributed by atoms with Crippen molar-refractivity contribution in [2.24, 2.45) is 0 Å². The lowest BCUT2D eigenvalue weighted by Crippen LogP contribution is -2.37. The van der Waals surface area contributed by atoms with Gasteiger partial charge in [-0.2, -0.15) is 0 Å². The highest BCUT2D eigenvalue weighted by Gasteiger charge is 2.22. The van der Waals surface area contributed by atoms with Crippen LogP contribution in [0, 0.1) is 0 Å². The molecule has 1 aromatic heterocycles. The minimum Gasteiger partial charge on any atom is -0.379 e. The molecule has 2 fully saturated rings. The molecule has 2 aliphatic heterocycles. The van der Waals surface area contributed by atoms with E-state index in [9.17, 15) is 4.79 Å². The highest BCUT2D eigenvalue weighted by molar-refractivity contribution is 5.96. The molecule has 25 heavy (non-hydrogen) atoms. The number of H-pyrrole nitrogens is 1. The number of imidazole rings is 1. The Morgan fingerprint density at radius 1 is 1.36 bits per heavy atom. The molecule has 0 saturated carbocycles. The van der Waals surface area contributed by atoms with Crippen LogP contribution in [0.2, 0.25) is 0 Å². The summed E-state index contributed by atoms with van der Waals surface area (Å²) in [4.78, 5) is 22.7. The number of aromatic nitrogens is 2. The smallest absolute Gasteiger partial charge is 0.241 e. The predicted octanol–water partition coefficient (Wildman–Crippen LogP) is 1.13. The number of hydrogen-bond acceptors (Lipinski definition) is 5. The molecule has 2 saturated heterocycles. The normalized spacial score (nSPS) is 21.7. The van der Waals surface area contributed by atoms with E-state index in [4.69, 9.17) is 4.74 Å². The fourth-order valence-corrected chi connectivity index (χ4v) is 3.49. The second-order valence-corrected chi connectivity index (χ2v) is 6.76. The third-order valence-electron chi connectivity index (χ3n) is 4.94. The van der Waals surface area contributed by atoms with Gasteiger partial charge >= 0.3 is 0 Å². The maximum atomic E-state index is 12.2. The van der Waals surface area contributed by atoms with Crippen molar-refractivity contribution in [1.29, 1.82) is 0 Å². The van der Waals surface area contributed by atoms with Gasteiger partial charge in [-0.1, -0.05) is 0 Å². The molecule has 1 aromatic carbocycles. The van der Waals surface area contributed by atoms with E-state index >= 15 is 0 Å². The Kier molecular flexibility index (Phi) is 4.96. The Morgan fingerprint density at radius 3 is 3.04 bits per heavy atom. The van der Waals surface area contributed by atoms with Crippen molar-refractivity contribution in [1.82, 2.24) is 20.2 Å². The van der Waals surface area contributed by atoms with Crippen molar-refractivity contribution in [3.8, 4) is 0 Å². The van der Waals surface area contributed by atoms with Crippen LogP contribution in [0.1, 0.15) is 18.7 Å². The molecule has 2 aromatic rings. The predicted molar refractivity (Wildman–Crippen MR) is 96.7 cm³/mol. The lowest BCUT2D eigenvalue weighted by atomic mass is 10.2. The Balaban J connectivity index is 1.39.